The Morgan fingerprint density at radius 2 is 1.94 bits per heavy atom. The molecule has 1 saturated carbocycles. The first-order chi connectivity index (χ1) is 8.68. The SMILES string of the molecule is O=C(C=Cc1ccccc1)NCC1(O)CCCC1. The van der Waals surface area contributed by atoms with Gasteiger partial charge in [0.25, 0.3) is 0 Å². The van der Waals surface area contributed by atoms with Gasteiger partial charge in [0.1, 0.15) is 0 Å². The minimum Gasteiger partial charge on any atom is -0.388 e. The lowest BCUT2D eigenvalue weighted by molar-refractivity contribution is -0.117. The summed E-state index contributed by atoms with van der Waals surface area (Å²) in [6.45, 7) is 0.352. The lowest BCUT2D eigenvalue weighted by atomic mass is 10.0. The summed E-state index contributed by atoms with van der Waals surface area (Å²) < 4.78 is 0. The van der Waals surface area contributed by atoms with Crippen molar-refractivity contribution in [1.82, 2.24) is 5.32 Å². The average molecular weight is 245 g/mol. The lowest BCUT2D eigenvalue weighted by Gasteiger charge is -2.21. The molecule has 0 unspecified atom stereocenters. The number of carbonyl (C=O) groups is 1. The first-order valence-corrected chi connectivity index (χ1v) is 6.41. The molecule has 3 nitrogen and oxygen atoms in total. The summed E-state index contributed by atoms with van der Waals surface area (Å²) in [7, 11) is 0. The van der Waals surface area contributed by atoms with Crippen molar-refractivity contribution in [3.63, 3.8) is 0 Å². The van der Waals surface area contributed by atoms with Crippen LogP contribution in [-0.4, -0.2) is 23.2 Å². The van der Waals surface area contributed by atoms with Crippen molar-refractivity contribution in [1.29, 1.82) is 0 Å². The van der Waals surface area contributed by atoms with Gasteiger partial charge in [-0.15, -0.1) is 0 Å². The molecule has 18 heavy (non-hydrogen) atoms. The van der Waals surface area contributed by atoms with Gasteiger partial charge in [-0.3, -0.25) is 4.79 Å². The summed E-state index contributed by atoms with van der Waals surface area (Å²) >= 11 is 0. The Balaban J connectivity index is 1.80. The standard InChI is InChI=1S/C15H19NO2/c17-14(9-8-13-6-2-1-3-7-13)16-12-15(18)10-4-5-11-15/h1-3,6-9,18H,4-5,10-12H2,(H,16,17). The van der Waals surface area contributed by atoms with Crippen molar-refractivity contribution >= 4 is 12.0 Å². The highest BCUT2D eigenvalue weighted by atomic mass is 16.3. The molecule has 1 aromatic rings. The summed E-state index contributed by atoms with van der Waals surface area (Å²) in [4.78, 5) is 11.6. The predicted molar refractivity (Wildman–Crippen MR) is 71.9 cm³/mol. The van der Waals surface area contributed by atoms with Crippen molar-refractivity contribution in [2.75, 3.05) is 6.54 Å². The molecule has 0 saturated heterocycles. The Kier molecular flexibility index (Phi) is 4.15. The second-order valence-corrected chi connectivity index (χ2v) is 4.89. The van der Waals surface area contributed by atoms with Gasteiger partial charge >= 0.3 is 0 Å². The second kappa shape index (κ2) is 5.83. The smallest absolute Gasteiger partial charge is 0.244 e. The summed E-state index contributed by atoms with van der Waals surface area (Å²) in [5.41, 5.74) is 0.309. The van der Waals surface area contributed by atoms with Gasteiger partial charge in [-0.25, -0.2) is 0 Å². The number of nitrogens with one attached hydrogen (secondary N) is 1. The number of carbonyl (C=O) groups excluding carboxylic acids is 1. The molecular formula is C15H19NO2. The van der Waals surface area contributed by atoms with Crippen LogP contribution in [0.5, 0.6) is 0 Å². The lowest BCUT2D eigenvalue weighted by Crippen LogP contribution is -2.40. The third-order valence-corrected chi connectivity index (χ3v) is 3.35. The maximum atomic E-state index is 11.6. The van der Waals surface area contributed by atoms with E-state index in [1.165, 1.54) is 6.08 Å². The third-order valence-electron chi connectivity index (χ3n) is 3.35. The summed E-state index contributed by atoms with van der Waals surface area (Å²) in [6, 6.07) is 9.67. The minimum atomic E-state index is -0.684. The Hall–Kier alpha value is -1.61. The zero-order valence-corrected chi connectivity index (χ0v) is 10.4. The first kappa shape index (κ1) is 12.8. The maximum Gasteiger partial charge on any atom is 0.244 e. The van der Waals surface area contributed by atoms with Gasteiger partial charge in [-0.05, 0) is 24.5 Å². The molecule has 1 aromatic carbocycles. The number of aliphatic hydroxyl groups is 1. The molecule has 0 aliphatic heterocycles. The van der Waals surface area contributed by atoms with Gasteiger partial charge in [0.2, 0.25) is 5.91 Å². The highest BCUT2D eigenvalue weighted by molar-refractivity contribution is 5.91. The van der Waals surface area contributed by atoms with E-state index in [9.17, 15) is 9.90 Å². The van der Waals surface area contributed by atoms with E-state index in [1.54, 1.807) is 6.08 Å². The molecular weight excluding hydrogens is 226 g/mol. The molecule has 1 fully saturated rings. The molecule has 0 bridgehead atoms. The fourth-order valence-electron chi connectivity index (χ4n) is 2.26. The fraction of sp³-hybridized carbons (Fsp3) is 0.400. The zero-order chi connectivity index (χ0) is 12.8. The second-order valence-electron chi connectivity index (χ2n) is 4.89. The highest BCUT2D eigenvalue weighted by Gasteiger charge is 2.30. The van der Waals surface area contributed by atoms with Crippen molar-refractivity contribution in [2.24, 2.45) is 0 Å². The normalized spacial score (nSPS) is 18.1. The van der Waals surface area contributed by atoms with Gasteiger partial charge in [0.05, 0.1) is 5.60 Å². The monoisotopic (exact) mass is 245 g/mol. The van der Waals surface area contributed by atoms with Gasteiger partial charge in [-0.1, -0.05) is 43.2 Å². The van der Waals surface area contributed by atoms with Crippen LogP contribution >= 0.6 is 0 Å². The van der Waals surface area contributed by atoms with Crippen molar-refractivity contribution in [2.45, 2.75) is 31.3 Å². The van der Waals surface area contributed by atoms with E-state index >= 15 is 0 Å². The Morgan fingerprint density at radius 3 is 2.61 bits per heavy atom. The van der Waals surface area contributed by atoms with Crippen LogP contribution in [0.15, 0.2) is 36.4 Å². The van der Waals surface area contributed by atoms with Crippen molar-refractivity contribution < 1.29 is 9.90 Å². The Labute approximate surface area is 108 Å². The van der Waals surface area contributed by atoms with Crippen LogP contribution in [0.4, 0.5) is 0 Å². The van der Waals surface area contributed by atoms with Gasteiger partial charge < -0.3 is 10.4 Å². The Morgan fingerprint density at radius 1 is 1.28 bits per heavy atom. The molecule has 0 radical (unpaired) electrons. The van der Waals surface area contributed by atoms with Gasteiger partial charge in [0.15, 0.2) is 0 Å². The van der Waals surface area contributed by atoms with Crippen LogP contribution in [0.3, 0.4) is 0 Å². The molecule has 1 aliphatic rings. The summed E-state index contributed by atoms with van der Waals surface area (Å²) in [5.74, 6) is -0.154. The van der Waals surface area contributed by atoms with E-state index in [0.29, 0.717) is 6.54 Å². The van der Waals surface area contributed by atoms with Crippen LogP contribution in [0.2, 0.25) is 0 Å². The number of rotatable bonds is 4. The van der Waals surface area contributed by atoms with E-state index in [4.69, 9.17) is 0 Å². The molecule has 2 N–H and O–H groups in total. The summed E-state index contributed by atoms with van der Waals surface area (Å²) in [5, 5.41) is 12.8. The number of hydrogen-bond donors (Lipinski definition) is 2. The molecule has 2 rings (SSSR count). The quantitative estimate of drug-likeness (QED) is 0.798. The highest BCUT2D eigenvalue weighted by Crippen LogP contribution is 2.28. The van der Waals surface area contributed by atoms with E-state index in [-0.39, 0.29) is 5.91 Å². The number of amides is 1. The third kappa shape index (κ3) is 3.70. The van der Waals surface area contributed by atoms with Crippen molar-refractivity contribution in [3.8, 4) is 0 Å². The van der Waals surface area contributed by atoms with E-state index in [1.807, 2.05) is 30.3 Å². The predicted octanol–water partition coefficient (Wildman–Crippen LogP) is 2.12. The Bertz CT molecular complexity index is 419. The van der Waals surface area contributed by atoms with E-state index in [0.717, 1.165) is 31.2 Å². The molecule has 0 atom stereocenters. The van der Waals surface area contributed by atoms with Gasteiger partial charge in [-0.2, -0.15) is 0 Å². The van der Waals surface area contributed by atoms with Crippen LogP contribution in [0, 0.1) is 0 Å². The van der Waals surface area contributed by atoms with E-state index < -0.39 is 5.60 Å². The topological polar surface area (TPSA) is 49.3 Å². The minimum absolute atomic E-state index is 0.154. The summed E-state index contributed by atoms with van der Waals surface area (Å²) in [6.07, 6.45) is 6.95. The molecule has 96 valence electrons. The first-order valence-electron chi connectivity index (χ1n) is 6.41. The molecule has 1 aliphatic carbocycles. The number of benzene rings is 1. The average Bonchev–Trinajstić information content (AvgIpc) is 2.83. The molecule has 3 heteroatoms. The van der Waals surface area contributed by atoms with Crippen LogP contribution < -0.4 is 5.32 Å². The molecule has 0 aromatic heterocycles. The van der Waals surface area contributed by atoms with Crippen LogP contribution in [0.1, 0.15) is 31.2 Å². The zero-order valence-electron chi connectivity index (χ0n) is 10.4. The van der Waals surface area contributed by atoms with Crippen LogP contribution in [0.25, 0.3) is 6.08 Å². The molecule has 0 spiro atoms. The van der Waals surface area contributed by atoms with Gasteiger partial charge in [0, 0.05) is 12.6 Å². The van der Waals surface area contributed by atoms with Crippen LogP contribution in [-0.2, 0) is 4.79 Å². The van der Waals surface area contributed by atoms with E-state index in [2.05, 4.69) is 5.32 Å². The maximum absolute atomic E-state index is 11.6. The number of hydrogen-bond acceptors (Lipinski definition) is 2. The largest absolute Gasteiger partial charge is 0.388 e. The molecule has 1 amide bonds. The molecule has 0 heterocycles. The fourth-order valence-corrected chi connectivity index (χ4v) is 2.26. The van der Waals surface area contributed by atoms with Crippen molar-refractivity contribution in [3.05, 3.63) is 42.0 Å².